The summed E-state index contributed by atoms with van der Waals surface area (Å²) in [5, 5.41) is 0. The lowest BCUT2D eigenvalue weighted by Crippen LogP contribution is -2.31. The number of rotatable bonds is 4. The second-order valence-electron chi connectivity index (χ2n) is 5.67. The van der Waals surface area contributed by atoms with Gasteiger partial charge in [-0.25, -0.2) is 9.78 Å². The normalized spacial score (nSPS) is 11.8. The largest absolute Gasteiger partial charge is 0.443 e. The average molecular weight is 335 g/mol. The third-order valence-corrected chi connectivity index (χ3v) is 3.65. The van der Waals surface area contributed by atoms with Crippen LogP contribution < -0.4 is 0 Å². The van der Waals surface area contributed by atoms with Gasteiger partial charge in [0.1, 0.15) is 0 Å². The van der Waals surface area contributed by atoms with Crippen LogP contribution in [0.4, 0.5) is 0 Å². The van der Waals surface area contributed by atoms with Crippen LogP contribution in [-0.4, -0.2) is 40.8 Å². The maximum atomic E-state index is 12.5. The summed E-state index contributed by atoms with van der Waals surface area (Å²) >= 11 is 0. The van der Waals surface area contributed by atoms with Crippen LogP contribution in [0, 0.1) is 0 Å². The van der Waals surface area contributed by atoms with Crippen molar-refractivity contribution in [3.05, 3.63) is 72.1 Å². The third-order valence-electron chi connectivity index (χ3n) is 3.65. The molecular formula is C19H17N3O3. The Morgan fingerprint density at radius 2 is 1.60 bits per heavy atom. The number of carbonyl (C=O) groups excluding carboxylic acids is 2. The molecule has 0 bridgehead atoms. The predicted molar refractivity (Wildman–Crippen MR) is 92.8 cm³/mol. The number of carbonyl (C=O) groups is 2. The molecule has 0 aliphatic carbocycles. The van der Waals surface area contributed by atoms with E-state index >= 15 is 0 Å². The fourth-order valence-electron chi connectivity index (χ4n) is 2.35. The lowest BCUT2D eigenvalue weighted by molar-refractivity contribution is -0.138. The molecule has 0 fully saturated rings. The van der Waals surface area contributed by atoms with Crippen molar-refractivity contribution in [1.29, 1.82) is 0 Å². The van der Waals surface area contributed by atoms with Gasteiger partial charge in [0.05, 0.1) is 17.2 Å². The van der Waals surface area contributed by atoms with E-state index in [9.17, 15) is 9.59 Å². The molecule has 25 heavy (non-hydrogen) atoms. The zero-order valence-electron chi connectivity index (χ0n) is 13.9. The van der Waals surface area contributed by atoms with Gasteiger partial charge in [-0.3, -0.25) is 9.78 Å². The van der Waals surface area contributed by atoms with Gasteiger partial charge in [-0.15, -0.1) is 0 Å². The Morgan fingerprint density at radius 1 is 0.960 bits per heavy atom. The van der Waals surface area contributed by atoms with E-state index in [0.29, 0.717) is 16.6 Å². The fourth-order valence-corrected chi connectivity index (χ4v) is 2.35. The first-order chi connectivity index (χ1) is 12.1. The van der Waals surface area contributed by atoms with E-state index in [-0.39, 0.29) is 11.6 Å². The lowest BCUT2D eigenvalue weighted by atomic mass is 10.1. The quantitative estimate of drug-likeness (QED) is 0.685. The van der Waals surface area contributed by atoms with E-state index in [1.807, 2.05) is 18.2 Å². The Balaban J connectivity index is 1.90. The highest BCUT2D eigenvalue weighted by Crippen LogP contribution is 2.21. The minimum absolute atomic E-state index is 0.0613. The van der Waals surface area contributed by atoms with E-state index < -0.39 is 12.1 Å². The van der Waals surface area contributed by atoms with Gasteiger partial charge in [0.15, 0.2) is 5.69 Å². The summed E-state index contributed by atoms with van der Waals surface area (Å²) in [6.45, 7) is 0. The molecule has 3 rings (SSSR count). The summed E-state index contributed by atoms with van der Waals surface area (Å²) in [6.07, 6.45) is 0.323. The van der Waals surface area contributed by atoms with Gasteiger partial charge >= 0.3 is 5.97 Å². The Bertz CT molecular complexity index is 910. The zero-order valence-corrected chi connectivity index (χ0v) is 13.9. The molecule has 1 atom stereocenters. The van der Waals surface area contributed by atoms with Crippen LogP contribution in [0.2, 0.25) is 0 Å². The Kier molecular flexibility index (Phi) is 4.70. The topological polar surface area (TPSA) is 72.4 Å². The van der Waals surface area contributed by atoms with Gasteiger partial charge in [-0.1, -0.05) is 42.5 Å². The number of amides is 1. The Labute approximate surface area is 145 Å². The first kappa shape index (κ1) is 16.6. The van der Waals surface area contributed by atoms with Crippen LogP contribution in [0.3, 0.4) is 0 Å². The highest BCUT2D eigenvalue weighted by molar-refractivity contribution is 5.92. The molecule has 3 aromatic rings. The van der Waals surface area contributed by atoms with Crippen LogP contribution >= 0.6 is 0 Å². The number of fused-ring (bicyclic) bond motifs is 1. The van der Waals surface area contributed by atoms with Crippen LogP contribution in [-0.2, 0) is 9.53 Å². The number of benzene rings is 2. The monoisotopic (exact) mass is 335 g/mol. The second kappa shape index (κ2) is 7.09. The Hall–Kier alpha value is -3.28. The van der Waals surface area contributed by atoms with E-state index in [0.717, 1.165) is 0 Å². The molecule has 1 aromatic heterocycles. The molecule has 1 amide bonds. The maximum Gasteiger partial charge on any atom is 0.359 e. The summed E-state index contributed by atoms with van der Waals surface area (Å²) in [6, 6.07) is 16.1. The van der Waals surface area contributed by atoms with Crippen LogP contribution in [0.5, 0.6) is 0 Å². The average Bonchev–Trinajstić information content (AvgIpc) is 2.65. The molecular weight excluding hydrogens is 318 g/mol. The van der Waals surface area contributed by atoms with Crippen molar-refractivity contribution >= 4 is 22.9 Å². The lowest BCUT2D eigenvalue weighted by Gasteiger charge is -2.21. The zero-order chi connectivity index (χ0) is 17.8. The standard InChI is InChI=1S/C19H17N3O3/c1-22(2)18(23)17(13-8-4-3-5-9-13)25-19(24)16-12-20-14-10-6-7-11-15(14)21-16/h3-12,17H,1-2H3/t17-/m1/s1. The molecule has 0 N–H and O–H groups in total. The molecule has 126 valence electrons. The molecule has 0 unspecified atom stereocenters. The van der Waals surface area contributed by atoms with Crippen molar-refractivity contribution in [2.45, 2.75) is 6.10 Å². The maximum absolute atomic E-state index is 12.5. The summed E-state index contributed by atoms with van der Waals surface area (Å²) in [7, 11) is 3.23. The SMILES string of the molecule is CN(C)C(=O)[C@H](OC(=O)c1cnc2ccccc2n1)c1ccccc1. The minimum atomic E-state index is -1.03. The van der Waals surface area contributed by atoms with Gasteiger partial charge < -0.3 is 9.64 Å². The first-order valence-electron chi connectivity index (χ1n) is 7.75. The molecule has 0 aliphatic rings. The number of ether oxygens (including phenoxy) is 1. The number of para-hydroxylation sites is 2. The van der Waals surface area contributed by atoms with Crippen molar-refractivity contribution < 1.29 is 14.3 Å². The molecule has 0 radical (unpaired) electrons. The molecule has 2 aromatic carbocycles. The predicted octanol–water partition coefficient (Wildman–Crippen LogP) is 2.62. The summed E-state index contributed by atoms with van der Waals surface area (Å²) in [5.41, 5.74) is 1.93. The number of hydrogen-bond acceptors (Lipinski definition) is 5. The van der Waals surface area contributed by atoms with Crippen molar-refractivity contribution in [2.24, 2.45) is 0 Å². The van der Waals surface area contributed by atoms with Gasteiger partial charge in [-0.2, -0.15) is 0 Å². The first-order valence-corrected chi connectivity index (χ1v) is 7.75. The van der Waals surface area contributed by atoms with E-state index in [2.05, 4.69) is 9.97 Å². The van der Waals surface area contributed by atoms with E-state index in [1.165, 1.54) is 11.1 Å². The number of likely N-dealkylation sites (N-methyl/N-ethyl adjacent to an activating group) is 1. The molecule has 6 heteroatoms. The Morgan fingerprint density at radius 3 is 2.28 bits per heavy atom. The van der Waals surface area contributed by atoms with Crippen LogP contribution in [0.15, 0.2) is 60.8 Å². The van der Waals surface area contributed by atoms with Gasteiger partial charge in [0, 0.05) is 19.7 Å². The summed E-state index contributed by atoms with van der Waals surface area (Å²) < 4.78 is 5.46. The molecule has 1 heterocycles. The van der Waals surface area contributed by atoms with Crippen molar-refractivity contribution in [1.82, 2.24) is 14.9 Å². The number of hydrogen-bond donors (Lipinski definition) is 0. The van der Waals surface area contributed by atoms with Crippen molar-refractivity contribution in [2.75, 3.05) is 14.1 Å². The smallest absolute Gasteiger partial charge is 0.359 e. The molecule has 0 aliphatic heterocycles. The van der Waals surface area contributed by atoms with Crippen molar-refractivity contribution in [3.63, 3.8) is 0 Å². The minimum Gasteiger partial charge on any atom is -0.443 e. The highest BCUT2D eigenvalue weighted by Gasteiger charge is 2.27. The molecule has 6 nitrogen and oxygen atoms in total. The van der Waals surface area contributed by atoms with E-state index in [4.69, 9.17) is 4.74 Å². The van der Waals surface area contributed by atoms with Crippen molar-refractivity contribution in [3.8, 4) is 0 Å². The third kappa shape index (κ3) is 3.63. The fraction of sp³-hybridized carbons (Fsp3) is 0.158. The molecule has 0 saturated carbocycles. The highest BCUT2D eigenvalue weighted by atomic mass is 16.5. The van der Waals surface area contributed by atoms with Gasteiger partial charge in [0.2, 0.25) is 6.10 Å². The summed E-state index contributed by atoms with van der Waals surface area (Å²) in [5.74, 6) is -1.02. The van der Waals surface area contributed by atoms with E-state index in [1.54, 1.807) is 50.5 Å². The van der Waals surface area contributed by atoms with Gasteiger partial charge in [0.25, 0.3) is 5.91 Å². The molecule has 0 saturated heterocycles. The summed E-state index contributed by atoms with van der Waals surface area (Å²) in [4.78, 5) is 34.8. The van der Waals surface area contributed by atoms with Gasteiger partial charge in [-0.05, 0) is 12.1 Å². The molecule has 0 spiro atoms. The van der Waals surface area contributed by atoms with Crippen LogP contribution in [0.25, 0.3) is 11.0 Å². The second-order valence-corrected chi connectivity index (χ2v) is 5.67. The van der Waals surface area contributed by atoms with Crippen LogP contribution in [0.1, 0.15) is 22.2 Å². The number of nitrogens with zero attached hydrogens (tertiary/aromatic N) is 3. The number of aromatic nitrogens is 2. The number of esters is 1.